The van der Waals surface area contributed by atoms with Gasteiger partial charge in [-0.15, -0.1) is 0 Å². The van der Waals surface area contributed by atoms with E-state index in [1.54, 1.807) is 6.08 Å². The molecule has 11 heavy (non-hydrogen) atoms. The summed E-state index contributed by atoms with van der Waals surface area (Å²) in [6, 6.07) is 10.5. The predicted octanol–water partition coefficient (Wildman–Crippen LogP) is 2.09. The van der Waals surface area contributed by atoms with Gasteiger partial charge >= 0.3 is 0 Å². The van der Waals surface area contributed by atoms with Crippen LogP contribution in [-0.2, 0) is 4.79 Å². The molecule has 1 heteroatoms. The lowest BCUT2D eigenvalue weighted by Gasteiger charge is -1.87. The molecule has 0 aliphatic carbocycles. The maximum atomic E-state index is 10.5. The van der Waals surface area contributed by atoms with Gasteiger partial charge in [0, 0.05) is 0 Å². The molecule has 0 aromatic heterocycles. The predicted molar refractivity (Wildman–Crippen MR) is 45.0 cm³/mol. The Morgan fingerprint density at radius 2 is 2.36 bits per heavy atom. The van der Waals surface area contributed by atoms with E-state index < -0.39 is 0 Å². The molecule has 0 N–H and O–H groups in total. The first-order valence-corrected chi connectivity index (χ1v) is 3.44. The van der Waals surface area contributed by atoms with Crippen molar-refractivity contribution in [2.24, 2.45) is 0 Å². The summed E-state index contributed by atoms with van der Waals surface area (Å²) in [5, 5.41) is 0. The van der Waals surface area contributed by atoms with Crippen molar-refractivity contribution in [2.45, 2.75) is 6.92 Å². The van der Waals surface area contributed by atoms with Gasteiger partial charge in [-0.2, -0.15) is 0 Å². The third kappa shape index (κ3) is 2.80. The third-order valence-electron chi connectivity index (χ3n) is 1.23. The van der Waals surface area contributed by atoms with Gasteiger partial charge in [-0.3, -0.25) is 4.79 Å². The average Bonchev–Trinajstić information content (AvgIpc) is 2.03. The monoisotopic (exact) mass is 145 g/mol. The zero-order chi connectivity index (χ0) is 8.10. The van der Waals surface area contributed by atoms with Gasteiger partial charge < -0.3 is 0 Å². The minimum absolute atomic E-state index is 0.0576. The van der Waals surface area contributed by atoms with Crippen molar-refractivity contribution in [1.29, 1.82) is 0 Å². The van der Waals surface area contributed by atoms with Crippen LogP contribution in [-0.4, -0.2) is 5.78 Å². The summed E-state index contributed by atoms with van der Waals surface area (Å²) in [5.74, 6) is 0.0576. The minimum Gasteiger partial charge on any atom is -0.295 e. The Labute approximate surface area is 66.4 Å². The van der Waals surface area contributed by atoms with Crippen LogP contribution >= 0.6 is 0 Å². The molecule has 0 aliphatic rings. The number of benzene rings is 1. The molecular weight excluding hydrogens is 136 g/mol. The number of hydrogen-bond donors (Lipinski definition) is 0. The van der Waals surface area contributed by atoms with Crippen LogP contribution in [0.3, 0.4) is 0 Å². The van der Waals surface area contributed by atoms with E-state index in [9.17, 15) is 4.79 Å². The molecule has 0 fully saturated rings. The van der Waals surface area contributed by atoms with E-state index in [1.807, 2.05) is 24.3 Å². The number of carbonyl (C=O) groups excluding carboxylic acids is 1. The van der Waals surface area contributed by atoms with Crippen LogP contribution in [0.2, 0.25) is 0 Å². The molecule has 0 saturated heterocycles. The fourth-order valence-corrected chi connectivity index (χ4v) is 0.718. The molecule has 0 bridgehead atoms. The normalized spacial score (nSPS) is 10.3. The first-order chi connectivity index (χ1) is 5.29. The fourth-order valence-electron chi connectivity index (χ4n) is 0.718. The van der Waals surface area contributed by atoms with E-state index in [1.165, 1.54) is 13.0 Å². The molecule has 55 valence electrons. The van der Waals surface area contributed by atoms with Gasteiger partial charge in [-0.1, -0.05) is 30.3 Å². The number of rotatable bonds is 2. The summed E-state index contributed by atoms with van der Waals surface area (Å²) < 4.78 is 0. The van der Waals surface area contributed by atoms with Gasteiger partial charge in [-0.25, -0.2) is 0 Å². The molecule has 0 amide bonds. The molecule has 0 spiro atoms. The zero-order valence-electron chi connectivity index (χ0n) is 6.37. The van der Waals surface area contributed by atoms with E-state index in [4.69, 9.17) is 0 Å². The standard InChI is InChI=1S/C10H9O/c1-9(11)7-8-10-5-3-2-4-6-10/h2-5,7-8H,1H3. The van der Waals surface area contributed by atoms with E-state index in [2.05, 4.69) is 6.07 Å². The lowest BCUT2D eigenvalue weighted by molar-refractivity contribution is -0.112. The van der Waals surface area contributed by atoms with Gasteiger partial charge in [0.1, 0.15) is 0 Å². The second-order valence-corrected chi connectivity index (χ2v) is 2.26. The topological polar surface area (TPSA) is 17.1 Å². The van der Waals surface area contributed by atoms with Crippen molar-refractivity contribution in [2.75, 3.05) is 0 Å². The lowest BCUT2D eigenvalue weighted by Crippen LogP contribution is -1.79. The quantitative estimate of drug-likeness (QED) is 0.582. The van der Waals surface area contributed by atoms with E-state index in [-0.39, 0.29) is 5.78 Å². The Kier molecular flexibility index (Phi) is 2.61. The molecule has 0 atom stereocenters. The summed E-state index contributed by atoms with van der Waals surface area (Å²) in [4.78, 5) is 10.5. The van der Waals surface area contributed by atoms with Crippen molar-refractivity contribution in [3.05, 3.63) is 42.0 Å². The highest BCUT2D eigenvalue weighted by atomic mass is 16.1. The maximum absolute atomic E-state index is 10.5. The Bertz CT molecular complexity index is 259. The molecule has 0 unspecified atom stereocenters. The maximum Gasteiger partial charge on any atom is 0.152 e. The molecule has 1 aromatic carbocycles. The highest BCUT2D eigenvalue weighted by Gasteiger charge is 1.84. The molecule has 1 aromatic rings. The number of allylic oxidation sites excluding steroid dienone is 1. The van der Waals surface area contributed by atoms with Gasteiger partial charge in [0.2, 0.25) is 0 Å². The Morgan fingerprint density at radius 1 is 1.55 bits per heavy atom. The fraction of sp³-hybridized carbons (Fsp3) is 0.100. The molecule has 1 nitrogen and oxygen atoms in total. The first-order valence-electron chi connectivity index (χ1n) is 3.44. The van der Waals surface area contributed by atoms with Gasteiger partial charge in [0.15, 0.2) is 5.78 Å². The van der Waals surface area contributed by atoms with Crippen molar-refractivity contribution in [1.82, 2.24) is 0 Å². The Hall–Kier alpha value is -1.37. The highest BCUT2D eigenvalue weighted by molar-refractivity contribution is 5.91. The summed E-state index contributed by atoms with van der Waals surface area (Å²) in [6.45, 7) is 1.53. The molecule has 0 heterocycles. The molecule has 0 saturated carbocycles. The summed E-state index contributed by atoms with van der Waals surface area (Å²) in [5.41, 5.74) is 0.933. The first kappa shape index (κ1) is 7.73. The second kappa shape index (κ2) is 3.71. The number of hydrogen-bond acceptors (Lipinski definition) is 1. The molecule has 0 aliphatic heterocycles. The van der Waals surface area contributed by atoms with Crippen molar-refractivity contribution in [3.63, 3.8) is 0 Å². The van der Waals surface area contributed by atoms with E-state index in [0.717, 1.165) is 5.56 Å². The van der Waals surface area contributed by atoms with Crippen LogP contribution in [0.25, 0.3) is 6.08 Å². The van der Waals surface area contributed by atoms with Crippen molar-refractivity contribution in [3.8, 4) is 0 Å². The van der Waals surface area contributed by atoms with Crippen molar-refractivity contribution >= 4 is 11.9 Å². The third-order valence-corrected chi connectivity index (χ3v) is 1.23. The minimum atomic E-state index is 0.0576. The highest BCUT2D eigenvalue weighted by Crippen LogP contribution is 1.99. The Morgan fingerprint density at radius 3 is 2.91 bits per heavy atom. The van der Waals surface area contributed by atoms with E-state index >= 15 is 0 Å². The average molecular weight is 145 g/mol. The second-order valence-electron chi connectivity index (χ2n) is 2.26. The van der Waals surface area contributed by atoms with Gasteiger partial charge in [0.05, 0.1) is 0 Å². The van der Waals surface area contributed by atoms with Crippen LogP contribution in [0.1, 0.15) is 12.5 Å². The number of ketones is 1. The smallest absolute Gasteiger partial charge is 0.152 e. The SMILES string of the molecule is CC(=O)C=Cc1[c]cccc1. The largest absolute Gasteiger partial charge is 0.295 e. The van der Waals surface area contributed by atoms with Crippen LogP contribution in [0.4, 0.5) is 0 Å². The zero-order valence-corrected chi connectivity index (χ0v) is 6.37. The van der Waals surface area contributed by atoms with Gasteiger partial charge in [0.25, 0.3) is 0 Å². The molecular formula is C10H9O. The van der Waals surface area contributed by atoms with E-state index in [0.29, 0.717) is 0 Å². The molecule has 1 radical (unpaired) electrons. The van der Waals surface area contributed by atoms with Gasteiger partial charge in [-0.05, 0) is 24.6 Å². The summed E-state index contributed by atoms with van der Waals surface area (Å²) in [7, 11) is 0. The molecule has 1 rings (SSSR count). The van der Waals surface area contributed by atoms with Crippen LogP contribution < -0.4 is 0 Å². The van der Waals surface area contributed by atoms with Crippen LogP contribution in [0.15, 0.2) is 30.3 Å². The summed E-state index contributed by atoms with van der Waals surface area (Å²) >= 11 is 0. The number of carbonyl (C=O) groups is 1. The lowest BCUT2D eigenvalue weighted by atomic mass is 10.2. The Balaban J connectivity index is 2.72. The summed E-state index contributed by atoms with van der Waals surface area (Å²) in [6.07, 6.45) is 3.29. The van der Waals surface area contributed by atoms with Crippen LogP contribution in [0, 0.1) is 6.07 Å². The van der Waals surface area contributed by atoms with Crippen molar-refractivity contribution < 1.29 is 4.79 Å². The van der Waals surface area contributed by atoms with Crippen LogP contribution in [0.5, 0.6) is 0 Å².